The van der Waals surface area contributed by atoms with Crippen LogP contribution in [-0.2, 0) is 24.4 Å². The molecule has 0 unspecified atom stereocenters. The number of aliphatic hydroxyl groups is 1. The van der Waals surface area contributed by atoms with E-state index in [1.54, 1.807) is 11.8 Å². The van der Waals surface area contributed by atoms with Crippen LogP contribution < -0.4 is 4.74 Å². The maximum atomic E-state index is 13.0. The third-order valence-corrected chi connectivity index (χ3v) is 5.83. The first-order valence-electron chi connectivity index (χ1n) is 8.13. The third kappa shape index (κ3) is 2.89. The van der Waals surface area contributed by atoms with E-state index in [-0.39, 0.29) is 17.8 Å². The molecule has 0 aromatic heterocycles. The molecule has 2 aliphatic rings. The summed E-state index contributed by atoms with van der Waals surface area (Å²) in [6.45, 7) is 1.63. The molecule has 2 aromatic rings. The number of ether oxygens (including phenoxy) is 1. The van der Waals surface area contributed by atoms with E-state index in [4.69, 9.17) is 4.74 Å². The Balaban J connectivity index is 1.53. The Morgan fingerprint density at radius 2 is 2.12 bits per heavy atom. The van der Waals surface area contributed by atoms with E-state index in [0.717, 1.165) is 23.3 Å². The lowest BCUT2D eigenvalue weighted by Crippen LogP contribution is -2.38. The van der Waals surface area contributed by atoms with Gasteiger partial charge in [0.25, 0.3) is 0 Å². The molecule has 0 radical (unpaired) electrons. The predicted octanol–water partition coefficient (Wildman–Crippen LogP) is 2.62. The molecule has 2 aliphatic heterocycles. The lowest BCUT2D eigenvalue weighted by atomic mass is 10.1. The minimum Gasteiger partial charge on any atom is -0.491 e. The number of thioether (sulfide) groups is 1. The fourth-order valence-electron chi connectivity index (χ4n) is 3.26. The van der Waals surface area contributed by atoms with Gasteiger partial charge in [-0.15, -0.1) is 11.8 Å². The second-order valence-corrected chi connectivity index (χ2v) is 7.37. The molecule has 1 amide bonds. The molecule has 124 valence electrons. The van der Waals surface area contributed by atoms with Crippen LogP contribution in [0, 0.1) is 0 Å². The molecule has 1 atom stereocenters. The Kier molecular flexibility index (Phi) is 4.21. The van der Waals surface area contributed by atoms with Gasteiger partial charge in [0.15, 0.2) is 0 Å². The van der Waals surface area contributed by atoms with Gasteiger partial charge in [0.1, 0.15) is 12.4 Å². The van der Waals surface area contributed by atoms with Gasteiger partial charge in [0.05, 0.1) is 18.4 Å². The number of aliphatic hydroxyl groups excluding tert-OH is 1. The summed E-state index contributed by atoms with van der Waals surface area (Å²) in [5.74, 6) is 0.979. The smallest absolute Gasteiger partial charge is 0.236 e. The summed E-state index contributed by atoms with van der Waals surface area (Å²) in [5.41, 5.74) is 3.07. The lowest BCUT2D eigenvalue weighted by Gasteiger charge is -2.23. The molecule has 24 heavy (non-hydrogen) atoms. The van der Waals surface area contributed by atoms with Gasteiger partial charge in [-0.2, -0.15) is 0 Å². The zero-order valence-corrected chi connectivity index (χ0v) is 14.1. The van der Waals surface area contributed by atoms with E-state index in [1.807, 2.05) is 35.2 Å². The van der Waals surface area contributed by atoms with E-state index in [2.05, 4.69) is 12.1 Å². The zero-order valence-electron chi connectivity index (χ0n) is 13.3. The van der Waals surface area contributed by atoms with Gasteiger partial charge in [-0.25, -0.2) is 0 Å². The first kappa shape index (κ1) is 15.5. The van der Waals surface area contributed by atoms with Crippen molar-refractivity contribution in [2.45, 2.75) is 29.7 Å². The van der Waals surface area contributed by atoms with Gasteiger partial charge < -0.3 is 14.7 Å². The average molecular weight is 341 g/mol. The maximum absolute atomic E-state index is 13.0. The number of nitrogens with zero attached hydrogens (tertiary/aromatic N) is 1. The van der Waals surface area contributed by atoms with Crippen LogP contribution in [-0.4, -0.2) is 34.3 Å². The third-order valence-electron chi connectivity index (χ3n) is 4.52. The topological polar surface area (TPSA) is 49.8 Å². The van der Waals surface area contributed by atoms with Crippen LogP contribution in [0.15, 0.2) is 47.4 Å². The van der Waals surface area contributed by atoms with Crippen molar-refractivity contribution in [3.8, 4) is 5.75 Å². The zero-order chi connectivity index (χ0) is 16.5. The summed E-state index contributed by atoms with van der Waals surface area (Å²) in [4.78, 5) is 16.1. The summed E-state index contributed by atoms with van der Waals surface area (Å²) in [6, 6.07) is 13.9. The molecule has 0 bridgehead atoms. The Morgan fingerprint density at radius 3 is 2.96 bits per heavy atom. The van der Waals surface area contributed by atoms with Crippen molar-refractivity contribution in [1.82, 2.24) is 4.90 Å². The molecular weight excluding hydrogens is 322 g/mol. The Hall–Kier alpha value is -1.98. The summed E-state index contributed by atoms with van der Waals surface area (Å²) >= 11 is 1.66. The normalized spacial score (nSPS) is 19.2. The van der Waals surface area contributed by atoms with Gasteiger partial charge >= 0.3 is 0 Å². The van der Waals surface area contributed by atoms with Crippen molar-refractivity contribution in [3.05, 3.63) is 59.2 Å². The van der Waals surface area contributed by atoms with Crippen molar-refractivity contribution < 1.29 is 14.6 Å². The van der Waals surface area contributed by atoms with E-state index in [9.17, 15) is 9.90 Å². The van der Waals surface area contributed by atoms with Crippen molar-refractivity contribution in [3.63, 3.8) is 0 Å². The van der Waals surface area contributed by atoms with Crippen molar-refractivity contribution in [1.29, 1.82) is 0 Å². The van der Waals surface area contributed by atoms with Crippen molar-refractivity contribution >= 4 is 17.7 Å². The highest BCUT2D eigenvalue weighted by Crippen LogP contribution is 2.38. The summed E-state index contributed by atoms with van der Waals surface area (Å²) in [6.07, 6.45) is 0.792. The largest absolute Gasteiger partial charge is 0.491 e. The highest BCUT2D eigenvalue weighted by atomic mass is 32.2. The molecule has 5 heteroatoms. The molecule has 2 aromatic carbocycles. The van der Waals surface area contributed by atoms with Gasteiger partial charge in [-0.1, -0.05) is 24.3 Å². The van der Waals surface area contributed by atoms with E-state index in [0.29, 0.717) is 19.7 Å². The minimum atomic E-state index is -0.0509. The molecule has 0 fully saturated rings. The Bertz CT molecular complexity index is 752. The average Bonchev–Trinajstić information content (AvgIpc) is 2.93. The molecular formula is C19H19NO3S. The molecule has 4 rings (SSSR count). The maximum Gasteiger partial charge on any atom is 0.236 e. The van der Waals surface area contributed by atoms with Gasteiger partial charge in [0.2, 0.25) is 5.91 Å². The Morgan fingerprint density at radius 1 is 1.25 bits per heavy atom. The number of rotatable bonds is 2. The number of fused-ring (bicyclic) bond motifs is 2. The second kappa shape index (κ2) is 6.49. The SMILES string of the molecule is O=C([C@H]1Cc2ccccc2S1)N1CCOc2ccc(CO)cc2C1. The summed E-state index contributed by atoms with van der Waals surface area (Å²) < 4.78 is 5.77. The highest BCUT2D eigenvalue weighted by Gasteiger charge is 2.32. The quantitative estimate of drug-likeness (QED) is 0.912. The Labute approximate surface area is 145 Å². The minimum absolute atomic E-state index is 0.00495. The number of amides is 1. The lowest BCUT2D eigenvalue weighted by molar-refractivity contribution is -0.131. The number of hydrogen-bond donors (Lipinski definition) is 1. The molecule has 0 aliphatic carbocycles. The number of carbonyl (C=O) groups is 1. The van der Waals surface area contributed by atoms with Crippen LogP contribution in [0.25, 0.3) is 0 Å². The van der Waals surface area contributed by atoms with Gasteiger partial charge in [0, 0.05) is 17.0 Å². The molecule has 0 saturated heterocycles. The number of carbonyl (C=O) groups excluding carboxylic acids is 1. The van der Waals surface area contributed by atoms with E-state index in [1.165, 1.54) is 10.5 Å². The fraction of sp³-hybridized carbons (Fsp3) is 0.316. The van der Waals surface area contributed by atoms with Crippen molar-refractivity contribution in [2.24, 2.45) is 0 Å². The highest BCUT2D eigenvalue weighted by molar-refractivity contribution is 8.01. The standard InChI is InChI=1S/C19H19NO3S/c21-12-13-5-6-16-15(9-13)11-20(7-8-23-16)19(22)18-10-14-3-1-2-4-17(14)24-18/h1-6,9,18,21H,7-8,10-12H2/t18-/m1/s1. The van der Waals surface area contributed by atoms with Crippen molar-refractivity contribution in [2.75, 3.05) is 13.2 Å². The summed E-state index contributed by atoms with van der Waals surface area (Å²) in [7, 11) is 0. The van der Waals surface area contributed by atoms with Crippen LogP contribution in [0.5, 0.6) is 5.75 Å². The van der Waals surface area contributed by atoms with E-state index < -0.39 is 0 Å². The van der Waals surface area contributed by atoms with Crippen LogP contribution >= 0.6 is 11.8 Å². The fourth-order valence-corrected chi connectivity index (χ4v) is 4.54. The van der Waals surface area contributed by atoms with Crippen LogP contribution in [0.1, 0.15) is 16.7 Å². The first-order chi connectivity index (χ1) is 11.7. The number of benzene rings is 2. The van der Waals surface area contributed by atoms with Gasteiger partial charge in [-0.05, 0) is 35.7 Å². The molecule has 2 heterocycles. The first-order valence-corrected chi connectivity index (χ1v) is 9.01. The molecule has 0 saturated carbocycles. The second-order valence-electron chi connectivity index (χ2n) is 6.13. The van der Waals surface area contributed by atoms with Gasteiger partial charge in [-0.3, -0.25) is 4.79 Å². The molecule has 1 N–H and O–H groups in total. The summed E-state index contributed by atoms with van der Waals surface area (Å²) in [5, 5.41) is 9.28. The molecule has 4 nitrogen and oxygen atoms in total. The predicted molar refractivity (Wildman–Crippen MR) is 93.1 cm³/mol. The van der Waals surface area contributed by atoms with Crippen LogP contribution in [0.3, 0.4) is 0 Å². The number of hydrogen-bond acceptors (Lipinski definition) is 4. The molecule has 0 spiro atoms. The monoisotopic (exact) mass is 341 g/mol. The van der Waals surface area contributed by atoms with E-state index >= 15 is 0 Å². The van der Waals surface area contributed by atoms with Crippen LogP contribution in [0.2, 0.25) is 0 Å². The van der Waals surface area contributed by atoms with Crippen LogP contribution in [0.4, 0.5) is 0 Å².